The summed E-state index contributed by atoms with van der Waals surface area (Å²) in [6, 6.07) is 12.2. The van der Waals surface area contributed by atoms with Crippen LogP contribution in [0.1, 0.15) is 57.5 Å². The fraction of sp³-hybridized carbons (Fsp3) is 0.320. The molecule has 0 aliphatic carbocycles. The van der Waals surface area contributed by atoms with Gasteiger partial charge in [-0.2, -0.15) is 0 Å². The highest BCUT2D eigenvalue weighted by Crippen LogP contribution is 2.40. The first-order valence-electron chi connectivity index (χ1n) is 11.0. The molecule has 0 spiro atoms. The third kappa shape index (κ3) is 3.66. The molecule has 1 saturated heterocycles. The number of benzene rings is 1. The van der Waals surface area contributed by atoms with Crippen LogP contribution in [-0.2, 0) is 0 Å². The van der Waals surface area contributed by atoms with Crippen LogP contribution in [0, 0.1) is 6.92 Å². The quantitative estimate of drug-likeness (QED) is 0.497. The van der Waals surface area contributed by atoms with Crippen LogP contribution in [0.3, 0.4) is 0 Å². The van der Waals surface area contributed by atoms with E-state index < -0.39 is 0 Å². The topological polar surface area (TPSA) is 66.7 Å². The van der Waals surface area contributed by atoms with Gasteiger partial charge in [0.1, 0.15) is 11.3 Å². The second-order valence-corrected chi connectivity index (χ2v) is 9.85. The third-order valence-corrected chi connectivity index (χ3v) is 7.16. The van der Waals surface area contributed by atoms with Gasteiger partial charge in [-0.3, -0.25) is 9.59 Å². The van der Waals surface area contributed by atoms with Gasteiger partial charge in [-0.25, -0.2) is 4.98 Å². The fourth-order valence-electron chi connectivity index (χ4n) is 4.50. The first kappa shape index (κ1) is 20.7. The van der Waals surface area contributed by atoms with Gasteiger partial charge in [0, 0.05) is 42.1 Å². The predicted octanol–water partition coefficient (Wildman–Crippen LogP) is 4.63. The van der Waals surface area contributed by atoms with E-state index in [0.29, 0.717) is 18.8 Å². The lowest BCUT2D eigenvalue weighted by atomic mass is 9.95. The molecule has 1 aliphatic heterocycles. The number of aromatic nitrogens is 2. The maximum Gasteiger partial charge on any atom is 0.274 e. The Labute approximate surface area is 190 Å². The molecule has 5 rings (SSSR count). The molecule has 0 bridgehead atoms. The van der Waals surface area contributed by atoms with Crippen LogP contribution in [0.15, 0.2) is 48.8 Å². The molecular formula is C25H26N4O2S. The van der Waals surface area contributed by atoms with Crippen molar-refractivity contribution in [1.29, 1.82) is 0 Å². The number of carbonyl (C=O) groups is 2. The second-order valence-electron chi connectivity index (χ2n) is 8.80. The van der Waals surface area contributed by atoms with E-state index in [1.165, 1.54) is 11.3 Å². The van der Waals surface area contributed by atoms with E-state index in [0.717, 1.165) is 38.2 Å². The Bertz CT molecular complexity index is 1340. The van der Waals surface area contributed by atoms with E-state index in [1.54, 1.807) is 6.20 Å². The van der Waals surface area contributed by atoms with Crippen molar-refractivity contribution < 1.29 is 9.59 Å². The van der Waals surface area contributed by atoms with Crippen molar-refractivity contribution in [2.24, 2.45) is 0 Å². The number of imidazole rings is 1. The van der Waals surface area contributed by atoms with E-state index in [9.17, 15) is 9.59 Å². The average molecular weight is 447 g/mol. The van der Waals surface area contributed by atoms with Crippen LogP contribution in [0.2, 0.25) is 0 Å². The lowest BCUT2D eigenvalue weighted by Gasteiger charge is -2.16. The minimum absolute atomic E-state index is 0.0308. The highest BCUT2D eigenvalue weighted by atomic mass is 32.1. The van der Waals surface area contributed by atoms with Crippen LogP contribution < -0.4 is 5.32 Å². The van der Waals surface area contributed by atoms with Gasteiger partial charge in [0.25, 0.3) is 11.8 Å². The summed E-state index contributed by atoms with van der Waals surface area (Å²) in [5, 5.41) is 4.16. The predicted molar refractivity (Wildman–Crippen MR) is 128 cm³/mol. The zero-order valence-corrected chi connectivity index (χ0v) is 19.3. The molecule has 7 heteroatoms. The van der Waals surface area contributed by atoms with E-state index >= 15 is 0 Å². The Morgan fingerprint density at radius 2 is 2.03 bits per heavy atom. The maximum atomic E-state index is 13.2. The van der Waals surface area contributed by atoms with Crippen molar-refractivity contribution in [3.63, 3.8) is 0 Å². The second kappa shape index (κ2) is 8.06. The van der Waals surface area contributed by atoms with Crippen LogP contribution in [0.5, 0.6) is 0 Å². The summed E-state index contributed by atoms with van der Waals surface area (Å²) in [5.74, 6) is 0.0422. The van der Waals surface area contributed by atoms with Crippen molar-refractivity contribution in [3.05, 3.63) is 70.5 Å². The van der Waals surface area contributed by atoms with E-state index in [4.69, 9.17) is 0 Å². The van der Waals surface area contributed by atoms with E-state index in [1.807, 2.05) is 60.5 Å². The molecule has 32 heavy (non-hydrogen) atoms. The zero-order chi connectivity index (χ0) is 22.4. The van der Waals surface area contributed by atoms with Gasteiger partial charge in [0.2, 0.25) is 0 Å². The molecule has 1 aliphatic rings. The van der Waals surface area contributed by atoms with Crippen molar-refractivity contribution in [2.75, 3.05) is 13.1 Å². The number of hydrogen-bond acceptors (Lipinski definition) is 4. The average Bonchev–Trinajstić information content (AvgIpc) is 3.48. The van der Waals surface area contributed by atoms with Crippen LogP contribution in [0.25, 0.3) is 15.7 Å². The highest BCUT2D eigenvalue weighted by Gasteiger charge is 2.33. The Morgan fingerprint density at radius 3 is 2.84 bits per heavy atom. The van der Waals surface area contributed by atoms with Gasteiger partial charge < -0.3 is 14.6 Å². The van der Waals surface area contributed by atoms with Crippen molar-refractivity contribution >= 4 is 38.9 Å². The van der Waals surface area contributed by atoms with Crippen LogP contribution >= 0.6 is 11.3 Å². The Hall–Kier alpha value is -3.19. The lowest BCUT2D eigenvalue weighted by Crippen LogP contribution is -2.31. The first-order valence-corrected chi connectivity index (χ1v) is 11.8. The molecule has 1 fully saturated rings. The monoisotopic (exact) mass is 446 g/mol. The number of nitrogens with zero attached hydrogens (tertiary/aromatic N) is 3. The molecular weight excluding hydrogens is 420 g/mol. The normalized spacial score (nSPS) is 16.4. The SMILES string of the molecule is Cc1ccn2cc(C(=O)N3CC[C@@H](c4c(C(=O)NC(C)C)sc5ccccc45)C3)nc2c1. The molecule has 0 unspecified atom stereocenters. The number of nitrogens with one attached hydrogen (secondary N) is 1. The van der Waals surface area contributed by atoms with Crippen molar-refractivity contribution in [3.8, 4) is 0 Å². The number of pyridine rings is 1. The van der Waals surface area contributed by atoms with Gasteiger partial charge in [-0.05, 0) is 61.9 Å². The summed E-state index contributed by atoms with van der Waals surface area (Å²) in [7, 11) is 0. The van der Waals surface area contributed by atoms with Gasteiger partial charge in [-0.15, -0.1) is 11.3 Å². The van der Waals surface area contributed by atoms with Crippen LogP contribution in [-0.4, -0.2) is 45.2 Å². The number of aryl methyl sites for hydroxylation is 1. The van der Waals surface area contributed by atoms with Crippen LogP contribution in [0.4, 0.5) is 0 Å². The highest BCUT2D eigenvalue weighted by molar-refractivity contribution is 7.21. The minimum atomic E-state index is -0.0541. The van der Waals surface area contributed by atoms with Crippen molar-refractivity contribution in [2.45, 2.75) is 39.2 Å². The first-order chi connectivity index (χ1) is 15.4. The maximum absolute atomic E-state index is 13.2. The molecule has 1 aromatic carbocycles. The largest absolute Gasteiger partial charge is 0.349 e. The summed E-state index contributed by atoms with van der Waals surface area (Å²) in [4.78, 5) is 33.4. The third-order valence-electron chi connectivity index (χ3n) is 5.98. The number of thiophene rings is 1. The summed E-state index contributed by atoms with van der Waals surface area (Å²) < 4.78 is 2.99. The number of hydrogen-bond donors (Lipinski definition) is 1. The number of fused-ring (bicyclic) bond motifs is 2. The smallest absolute Gasteiger partial charge is 0.274 e. The van der Waals surface area contributed by atoms with Gasteiger partial charge >= 0.3 is 0 Å². The molecule has 0 saturated carbocycles. The standard InChI is InChI=1S/C25H26N4O2S/c1-15(2)26-24(30)23-22(18-6-4-5-7-20(18)32-23)17-9-11-29(13-17)25(31)19-14-28-10-8-16(3)12-21(28)27-19/h4-8,10,12,14-15,17H,9,11,13H2,1-3H3,(H,26,30)/t17-/m1/s1. The Kier molecular flexibility index (Phi) is 5.21. The minimum Gasteiger partial charge on any atom is -0.349 e. The molecule has 4 heterocycles. The summed E-state index contributed by atoms with van der Waals surface area (Å²) >= 11 is 1.54. The molecule has 2 amide bonds. The number of carbonyl (C=O) groups excluding carboxylic acids is 2. The number of likely N-dealkylation sites (tertiary alicyclic amines) is 1. The molecule has 164 valence electrons. The molecule has 0 radical (unpaired) electrons. The molecule has 1 N–H and O–H groups in total. The van der Waals surface area contributed by atoms with Gasteiger partial charge in [-0.1, -0.05) is 18.2 Å². The lowest BCUT2D eigenvalue weighted by molar-refractivity contribution is 0.0785. The number of rotatable bonds is 4. The molecule has 4 aromatic rings. The fourth-order valence-corrected chi connectivity index (χ4v) is 5.69. The molecule has 1 atom stereocenters. The Balaban J connectivity index is 1.44. The zero-order valence-electron chi connectivity index (χ0n) is 18.5. The summed E-state index contributed by atoms with van der Waals surface area (Å²) in [5.41, 5.74) is 3.43. The number of amides is 2. The van der Waals surface area contributed by atoms with Gasteiger partial charge in [0.05, 0.1) is 4.88 Å². The Morgan fingerprint density at radius 1 is 1.22 bits per heavy atom. The van der Waals surface area contributed by atoms with E-state index in [2.05, 4.69) is 22.4 Å². The van der Waals surface area contributed by atoms with Gasteiger partial charge in [0.15, 0.2) is 0 Å². The summed E-state index contributed by atoms with van der Waals surface area (Å²) in [6.45, 7) is 7.20. The molecule has 3 aromatic heterocycles. The summed E-state index contributed by atoms with van der Waals surface area (Å²) in [6.07, 6.45) is 4.56. The molecule has 6 nitrogen and oxygen atoms in total. The van der Waals surface area contributed by atoms with Crippen molar-refractivity contribution in [1.82, 2.24) is 19.6 Å². The van der Waals surface area contributed by atoms with E-state index in [-0.39, 0.29) is 23.8 Å².